The number of hydrogen-bond acceptors (Lipinski definition) is 4. The molecule has 0 aliphatic rings. The van der Waals surface area contributed by atoms with Crippen LogP contribution in [0, 0.1) is 0 Å². The van der Waals surface area contributed by atoms with Crippen LogP contribution < -0.4 is 18.9 Å². The van der Waals surface area contributed by atoms with Crippen molar-refractivity contribution in [3.8, 4) is 57.1 Å². The van der Waals surface area contributed by atoms with Crippen LogP contribution >= 0.6 is 0 Å². The molecule has 0 saturated carbocycles. The van der Waals surface area contributed by atoms with Gasteiger partial charge in [-0.15, -0.1) is 0 Å². The average Bonchev–Trinajstić information content (AvgIpc) is 2.99. The minimum absolute atomic E-state index is 0.659. The molecule has 6 aromatic carbocycles. The van der Waals surface area contributed by atoms with Crippen LogP contribution in [0.25, 0.3) is 11.1 Å². The Morgan fingerprint density at radius 1 is 0.275 bits per heavy atom. The van der Waals surface area contributed by atoms with Crippen molar-refractivity contribution in [1.82, 2.24) is 0 Å². The summed E-state index contributed by atoms with van der Waals surface area (Å²) in [5.41, 5.74) is 1.97. The van der Waals surface area contributed by atoms with E-state index in [4.69, 9.17) is 18.9 Å². The van der Waals surface area contributed by atoms with Gasteiger partial charge in [-0.3, -0.25) is 0 Å². The molecule has 194 valence electrons. The third-order valence-corrected chi connectivity index (χ3v) is 6.06. The maximum absolute atomic E-state index is 6.23. The predicted octanol–water partition coefficient (Wildman–Crippen LogP) is 10.5. The van der Waals surface area contributed by atoms with Gasteiger partial charge in [0, 0.05) is 17.7 Å². The van der Waals surface area contributed by atoms with Gasteiger partial charge in [-0.2, -0.15) is 0 Å². The second-order valence-electron chi connectivity index (χ2n) is 9.01. The predicted molar refractivity (Wildman–Crippen MR) is 158 cm³/mol. The first-order valence-corrected chi connectivity index (χ1v) is 13.0. The molecule has 0 fully saturated rings. The summed E-state index contributed by atoms with van der Waals surface area (Å²) in [7, 11) is 0. The maximum Gasteiger partial charge on any atom is 0.135 e. The minimum atomic E-state index is 0.659. The van der Waals surface area contributed by atoms with E-state index >= 15 is 0 Å². The fraction of sp³-hybridized carbons (Fsp3) is 0. The van der Waals surface area contributed by atoms with E-state index in [1.165, 1.54) is 0 Å². The fourth-order valence-corrected chi connectivity index (χ4v) is 4.24. The van der Waals surface area contributed by atoms with Crippen molar-refractivity contribution in [3.63, 3.8) is 0 Å². The number of para-hydroxylation sites is 3. The van der Waals surface area contributed by atoms with Crippen molar-refractivity contribution in [1.29, 1.82) is 0 Å². The Morgan fingerprint density at radius 3 is 1.25 bits per heavy atom. The molecular formula is C36H26O4. The van der Waals surface area contributed by atoms with E-state index in [-0.39, 0.29) is 0 Å². The Morgan fingerprint density at radius 2 is 0.675 bits per heavy atom. The molecule has 4 nitrogen and oxygen atoms in total. The van der Waals surface area contributed by atoms with Gasteiger partial charge in [0.15, 0.2) is 0 Å². The Balaban J connectivity index is 1.17. The lowest BCUT2D eigenvalue weighted by molar-refractivity contribution is 0.451. The van der Waals surface area contributed by atoms with Crippen molar-refractivity contribution in [3.05, 3.63) is 158 Å². The molecule has 0 spiro atoms. The van der Waals surface area contributed by atoms with E-state index in [2.05, 4.69) is 0 Å². The first-order valence-electron chi connectivity index (χ1n) is 13.0. The Hall–Kier alpha value is -5.48. The first-order chi connectivity index (χ1) is 19.8. The Labute approximate surface area is 233 Å². The van der Waals surface area contributed by atoms with Gasteiger partial charge in [-0.25, -0.2) is 0 Å². The maximum atomic E-state index is 6.23. The summed E-state index contributed by atoms with van der Waals surface area (Å²) in [6.45, 7) is 0. The van der Waals surface area contributed by atoms with E-state index in [1.807, 2.05) is 158 Å². The van der Waals surface area contributed by atoms with Crippen molar-refractivity contribution >= 4 is 0 Å². The van der Waals surface area contributed by atoms with Crippen LogP contribution in [0.15, 0.2) is 158 Å². The number of hydrogen-bond donors (Lipinski definition) is 0. The molecule has 0 bridgehead atoms. The van der Waals surface area contributed by atoms with Crippen LogP contribution in [-0.2, 0) is 0 Å². The molecule has 0 heterocycles. The topological polar surface area (TPSA) is 36.9 Å². The molecule has 0 amide bonds. The van der Waals surface area contributed by atoms with Crippen molar-refractivity contribution in [2.45, 2.75) is 0 Å². The normalized spacial score (nSPS) is 10.5. The van der Waals surface area contributed by atoms with Gasteiger partial charge < -0.3 is 18.9 Å². The Kier molecular flexibility index (Phi) is 7.40. The van der Waals surface area contributed by atoms with Crippen LogP contribution in [0.4, 0.5) is 0 Å². The van der Waals surface area contributed by atoms with Crippen LogP contribution in [-0.4, -0.2) is 0 Å². The third-order valence-electron chi connectivity index (χ3n) is 6.06. The second-order valence-corrected chi connectivity index (χ2v) is 9.01. The summed E-state index contributed by atoms with van der Waals surface area (Å²) in [5, 5.41) is 0. The SMILES string of the molecule is c1ccc(Oc2cccc(Oc3cccc(Oc4cccc(-c5ccccc5Oc5ccccc5)c4)c3)c2)cc1. The van der Waals surface area contributed by atoms with E-state index in [9.17, 15) is 0 Å². The van der Waals surface area contributed by atoms with Crippen molar-refractivity contribution < 1.29 is 18.9 Å². The van der Waals surface area contributed by atoms with E-state index in [0.717, 1.165) is 28.4 Å². The Bertz CT molecular complexity index is 1700. The summed E-state index contributed by atoms with van der Waals surface area (Å²) in [6, 6.07) is 50.5. The molecule has 0 atom stereocenters. The molecule has 6 aromatic rings. The fourth-order valence-electron chi connectivity index (χ4n) is 4.24. The van der Waals surface area contributed by atoms with Gasteiger partial charge in [-0.1, -0.05) is 78.9 Å². The highest BCUT2D eigenvalue weighted by molar-refractivity contribution is 5.72. The lowest BCUT2D eigenvalue weighted by Crippen LogP contribution is -1.90. The van der Waals surface area contributed by atoms with Crippen LogP contribution in [0.2, 0.25) is 0 Å². The molecule has 0 unspecified atom stereocenters. The minimum Gasteiger partial charge on any atom is -0.457 e. The van der Waals surface area contributed by atoms with Crippen LogP contribution in [0.5, 0.6) is 46.0 Å². The summed E-state index contributed by atoms with van der Waals surface area (Å²) in [5.74, 6) is 5.74. The van der Waals surface area contributed by atoms with Gasteiger partial charge in [-0.05, 0) is 72.3 Å². The van der Waals surface area contributed by atoms with E-state index in [1.54, 1.807) is 0 Å². The van der Waals surface area contributed by atoms with Crippen LogP contribution in [0.3, 0.4) is 0 Å². The summed E-state index contributed by atoms with van der Waals surface area (Å²) < 4.78 is 24.5. The molecule has 0 aliphatic carbocycles. The molecule has 6 rings (SSSR count). The number of rotatable bonds is 9. The van der Waals surface area contributed by atoms with Crippen LogP contribution in [0.1, 0.15) is 0 Å². The zero-order chi connectivity index (χ0) is 27.0. The lowest BCUT2D eigenvalue weighted by Gasteiger charge is -2.13. The van der Waals surface area contributed by atoms with Gasteiger partial charge in [0.05, 0.1) is 0 Å². The summed E-state index contributed by atoms with van der Waals surface area (Å²) in [6.07, 6.45) is 0. The standard InChI is InChI=1S/C36H26O4/c1-3-13-28(14-4-1)37-31-18-10-20-33(25-31)39-34-21-11-19-32(26-34)38-30-17-9-12-27(24-30)35-22-7-8-23-36(35)40-29-15-5-2-6-16-29/h1-26H. The molecule has 0 radical (unpaired) electrons. The summed E-state index contributed by atoms with van der Waals surface area (Å²) >= 11 is 0. The van der Waals surface area contributed by atoms with Gasteiger partial charge in [0.25, 0.3) is 0 Å². The molecule has 0 N–H and O–H groups in total. The molecule has 0 aliphatic heterocycles. The smallest absolute Gasteiger partial charge is 0.135 e. The largest absolute Gasteiger partial charge is 0.457 e. The van der Waals surface area contributed by atoms with Gasteiger partial charge >= 0.3 is 0 Å². The average molecular weight is 523 g/mol. The van der Waals surface area contributed by atoms with Crippen molar-refractivity contribution in [2.24, 2.45) is 0 Å². The van der Waals surface area contributed by atoms with E-state index in [0.29, 0.717) is 28.7 Å². The molecule has 0 saturated heterocycles. The highest BCUT2D eigenvalue weighted by Gasteiger charge is 2.09. The van der Waals surface area contributed by atoms with Gasteiger partial charge in [0.2, 0.25) is 0 Å². The lowest BCUT2D eigenvalue weighted by atomic mass is 10.0. The third kappa shape index (κ3) is 6.32. The van der Waals surface area contributed by atoms with E-state index < -0.39 is 0 Å². The zero-order valence-electron chi connectivity index (χ0n) is 21.6. The van der Waals surface area contributed by atoms with Crippen molar-refractivity contribution in [2.75, 3.05) is 0 Å². The number of ether oxygens (including phenoxy) is 4. The first kappa shape index (κ1) is 24.8. The summed E-state index contributed by atoms with van der Waals surface area (Å²) in [4.78, 5) is 0. The highest BCUT2D eigenvalue weighted by Crippen LogP contribution is 2.36. The molecule has 40 heavy (non-hydrogen) atoms. The molecule has 4 heteroatoms. The number of benzene rings is 6. The van der Waals surface area contributed by atoms with Gasteiger partial charge in [0.1, 0.15) is 46.0 Å². The molecule has 0 aromatic heterocycles. The highest BCUT2D eigenvalue weighted by atomic mass is 16.5. The molecular weight excluding hydrogens is 496 g/mol. The zero-order valence-corrected chi connectivity index (χ0v) is 21.6. The second kappa shape index (κ2) is 11.9. The quantitative estimate of drug-likeness (QED) is 0.189. The monoisotopic (exact) mass is 522 g/mol.